The van der Waals surface area contributed by atoms with E-state index in [1.54, 1.807) is 12.1 Å². The number of allylic oxidation sites excluding steroid dienone is 2. The lowest BCUT2D eigenvalue weighted by Gasteiger charge is -2.60. The largest absolute Gasteiger partial charge is 0.511 e. The number of fused-ring (bicyclic) bond motifs is 2. The number of aliphatic hydroxyl groups excluding tert-OH is 1. The van der Waals surface area contributed by atoms with Crippen molar-refractivity contribution in [2.75, 3.05) is 0 Å². The Bertz CT molecular complexity index is 1110. The molecule has 2 N–H and O–H groups in total. The Hall–Kier alpha value is -2.43. The third kappa shape index (κ3) is 4.86. The number of carbonyl (C=O) groups is 3. The molecule has 0 radical (unpaired) electrons. The summed E-state index contributed by atoms with van der Waals surface area (Å²) >= 11 is 0. The summed E-state index contributed by atoms with van der Waals surface area (Å²) in [4.78, 5) is 43.7. The van der Waals surface area contributed by atoms with Crippen LogP contribution in [-0.4, -0.2) is 27.6 Å². The summed E-state index contributed by atoms with van der Waals surface area (Å²) in [5, 5.41) is 22.2. The number of Topliss-reactive ketones (excluding diaryl/α,β-unsaturated/α-hetero) is 3. The van der Waals surface area contributed by atoms with Gasteiger partial charge in [-0.05, 0) is 79.7 Å². The summed E-state index contributed by atoms with van der Waals surface area (Å²) in [6, 6.07) is 5.96. The molecule has 1 aromatic rings. The normalized spacial score (nSPS) is 27.1. The van der Waals surface area contributed by atoms with Gasteiger partial charge in [0.2, 0.25) is 0 Å². The lowest BCUT2D eigenvalue weighted by Crippen LogP contribution is -2.68. The van der Waals surface area contributed by atoms with E-state index >= 15 is 0 Å². The lowest BCUT2D eigenvalue weighted by molar-refractivity contribution is -0.167. The second-order valence-electron chi connectivity index (χ2n) is 13.6. The van der Waals surface area contributed by atoms with Crippen LogP contribution in [-0.2, 0) is 9.59 Å². The Morgan fingerprint density at radius 2 is 1.55 bits per heavy atom. The Kier molecular flexibility index (Phi) is 8.70. The minimum absolute atomic E-state index is 0.0834. The number of aliphatic hydroxyl groups is 1. The summed E-state index contributed by atoms with van der Waals surface area (Å²) in [6.45, 7) is 16.7. The molecule has 3 unspecified atom stereocenters. The third-order valence-corrected chi connectivity index (χ3v) is 9.46. The minimum Gasteiger partial charge on any atom is -0.511 e. The van der Waals surface area contributed by atoms with Gasteiger partial charge in [0.05, 0.1) is 5.41 Å². The Balaban J connectivity index is 2.36. The predicted molar refractivity (Wildman–Crippen MR) is 151 cm³/mol. The maximum Gasteiger partial charge on any atom is 0.184 e. The number of carbonyl (C=O) groups excluding carboxylic acids is 3. The number of hydrogen-bond donors (Lipinski definition) is 2. The van der Waals surface area contributed by atoms with E-state index < -0.39 is 33.6 Å². The van der Waals surface area contributed by atoms with Gasteiger partial charge in [-0.2, -0.15) is 0 Å². The van der Waals surface area contributed by atoms with E-state index in [0.717, 1.165) is 12.8 Å². The average Bonchev–Trinajstić information content (AvgIpc) is 2.82. The molecule has 2 bridgehead atoms. The first-order valence-corrected chi connectivity index (χ1v) is 14.5. The zero-order valence-electron chi connectivity index (χ0n) is 24.7. The van der Waals surface area contributed by atoms with E-state index in [2.05, 4.69) is 55.4 Å². The summed E-state index contributed by atoms with van der Waals surface area (Å²) in [7, 11) is 0. The van der Waals surface area contributed by atoms with Crippen molar-refractivity contribution in [3.05, 3.63) is 41.2 Å². The van der Waals surface area contributed by atoms with Crippen LogP contribution < -0.4 is 0 Å². The molecule has 1 saturated carbocycles. The number of aromatic hydroxyl groups is 1. The van der Waals surface area contributed by atoms with Crippen LogP contribution >= 0.6 is 0 Å². The zero-order valence-corrected chi connectivity index (χ0v) is 24.7. The Morgan fingerprint density at radius 3 is 2.11 bits per heavy atom. The van der Waals surface area contributed by atoms with Crippen molar-refractivity contribution in [1.29, 1.82) is 0 Å². The van der Waals surface area contributed by atoms with Crippen molar-refractivity contribution < 1.29 is 24.6 Å². The van der Waals surface area contributed by atoms with Gasteiger partial charge >= 0.3 is 0 Å². The average molecular weight is 525 g/mol. The maximum atomic E-state index is 14.9. The molecule has 3 rings (SSSR count). The lowest BCUT2D eigenvalue weighted by atomic mass is 9.39. The van der Waals surface area contributed by atoms with Crippen LogP contribution in [0.2, 0.25) is 0 Å². The monoisotopic (exact) mass is 524 g/mol. The van der Waals surface area contributed by atoms with Crippen molar-refractivity contribution in [3.8, 4) is 5.75 Å². The molecule has 5 heteroatoms. The van der Waals surface area contributed by atoms with Gasteiger partial charge in [0.25, 0.3) is 0 Å². The highest BCUT2D eigenvalue weighted by atomic mass is 16.3. The number of phenolic OH excluding ortho intramolecular Hbond substituents is 1. The van der Waals surface area contributed by atoms with E-state index in [4.69, 9.17) is 0 Å². The van der Waals surface area contributed by atoms with Gasteiger partial charge in [0, 0.05) is 11.1 Å². The van der Waals surface area contributed by atoms with Crippen molar-refractivity contribution in [3.63, 3.8) is 0 Å². The van der Waals surface area contributed by atoms with Crippen LogP contribution in [0.5, 0.6) is 5.75 Å². The first kappa shape index (κ1) is 30.1. The highest BCUT2D eigenvalue weighted by Gasteiger charge is 2.73. The van der Waals surface area contributed by atoms with Gasteiger partial charge < -0.3 is 10.2 Å². The van der Waals surface area contributed by atoms with Crippen molar-refractivity contribution in [2.45, 2.75) is 100 Å². The van der Waals surface area contributed by atoms with Crippen LogP contribution in [0.15, 0.2) is 35.6 Å². The van der Waals surface area contributed by atoms with E-state index in [1.165, 1.54) is 12.1 Å². The number of phenols is 1. The van der Waals surface area contributed by atoms with Gasteiger partial charge in [-0.15, -0.1) is 0 Å². The molecule has 5 nitrogen and oxygen atoms in total. The van der Waals surface area contributed by atoms with Gasteiger partial charge in [0.1, 0.15) is 11.5 Å². The summed E-state index contributed by atoms with van der Waals surface area (Å²) in [5.41, 5.74) is -3.43. The Morgan fingerprint density at radius 1 is 0.947 bits per heavy atom. The van der Waals surface area contributed by atoms with E-state index in [-0.39, 0.29) is 46.8 Å². The molecular weight excluding hydrogens is 476 g/mol. The molecule has 1 aromatic carbocycles. The maximum absolute atomic E-state index is 14.9. The molecular formula is C33H48O5. The standard InChI is InChI=1S/C33H48O5/c1-20(2)12-14-24-19-32(27(35)23-10-9-11-25(34)18-23)28(36)26(15-13-21(3)4)29(37)33(30(32)38,31(24,7)8)17-16-22(5)6/h9-11,18,20-22,24,34,37H,12-17,19H2,1-8H3. The molecule has 0 heterocycles. The van der Waals surface area contributed by atoms with Crippen LogP contribution in [0, 0.1) is 39.9 Å². The molecule has 210 valence electrons. The predicted octanol–water partition coefficient (Wildman–Crippen LogP) is 7.87. The van der Waals surface area contributed by atoms with Gasteiger partial charge in [-0.3, -0.25) is 14.4 Å². The fourth-order valence-corrected chi connectivity index (χ4v) is 6.87. The smallest absolute Gasteiger partial charge is 0.184 e. The molecule has 0 aliphatic heterocycles. The van der Waals surface area contributed by atoms with Gasteiger partial charge in [0.15, 0.2) is 22.8 Å². The quantitative estimate of drug-likeness (QED) is 0.227. The van der Waals surface area contributed by atoms with E-state index in [0.29, 0.717) is 31.6 Å². The van der Waals surface area contributed by atoms with Crippen LogP contribution in [0.1, 0.15) is 111 Å². The highest BCUT2D eigenvalue weighted by molar-refractivity contribution is 6.35. The number of ketones is 3. The first-order valence-electron chi connectivity index (χ1n) is 14.5. The number of rotatable bonds is 11. The van der Waals surface area contributed by atoms with Crippen LogP contribution in [0.3, 0.4) is 0 Å². The number of benzene rings is 1. The van der Waals surface area contributed by atoms with Crippen molar-refractivity contribution in [1.82, 2.24) is 0 Å². The number of hydrogen-bond acceptors (Lipinski definition) is 5. The first-order chi connectivity index (χ1) is 17.6. The zero-order chi connectivity index (χ0) is 28.6. The topological polar surface area (TPSA) is 91.7 Å². The van der Waals surface area contributed by atoms with Crippen molar-refractivity contribution in [2.24, 2.45) is 39.9 Å². The van der Waals surface area contributed by atoms with Crippen LogP contribution in [0.25, 0.3) is 0 Å². The molecule has 2 aliphatic carbocycles. The second kappa shape index (κ2) is 11.0. The summed E-state index contributed by atoms with van der Waals surface area (Å²) in [5.74, 6) is -0.812. The fraction of sp³-hybridized carbons (Fsp3) is 0.667. The SMILES string of the molecule is CC(C)CCC1=C(O)C2(CCC(C)C)C(=O)C(C(=O)c3cccc(O)c3)(CC(CCC(C)C)C2(C)C)C1=O. The molecule has 0 aromatic heterocycles. The van der Waals surface area contributed by atoms with Gasteiger partial charge in [-0.25, -0.2) is 0 Å². The minimum atomic E-state index is -1.89. The molecule has 0 saturated heterocycles. The molecule has 0 amide bonds. The third-order valence-electron chi connectivity index (χ3n) is 9.46. The summed E-state index contributed by atoms with van der Waals surface area (Å²) in [6.07, 6.45) is 3.90. The Labute approximate surface area is 229 Å². The van der Waals surface area contributed by atoms with E-state index in [1.807, 2.05) is 0 Å². The van der Waals surface area contributed by atoms with Gasteiger partial charge in [-0.1, -0.05) is 73.9 Å². The highest BCUT2D eigenvalue weighted by Crippen LogP contribution is 2.67. The molecule has 1 fully saturated rings. The molecule has 3 atom stereocenters. The van der Waals surface area contributed by atoms with Crippen LogP contribution in [0.4, 0.5) is 0 Å². The second-order valence-corrected chi connectivity index (χ2v) is 13.6. The fourth-order valence-electron chi connectivity index (χ4n) is 6.87. The molecule has 38 heavy (non-hydrogen) atoms. The van der Waals surface area contributed by atoms with Crippen molar-refractivity contribution >= 4 is 17.3 Å². The molecule has 2 aliphatic rings. The molecule has 0 spiro atoms. The summed E-state index contributed by atoms with van der Waals surface area (Å²) < 4.78 is 0. The van der Waals surface area contributed by atoms with E-state index in [9.17, 15) is 24.6 Å².